The Labute approximate surface area is 158 Å². The summed E-state index contributed by atoms with van der Waals surface area (Å²) in [6, 6.07) is 15.2. The number of benzene rings is 2. The first-order valence-electron chi connectivity index (χ1n) is 8.79. The summed E-state index contributed by atoms with van der Waals surface area (Å²) >= 11 is 0. The number of methoxy groups -OCH3 is 2. The minimum absolute atomic E-state index is 0.152. The van der Waals surface area contributed by atoms with Crippen molar-refractivity contribution in [2.24, 2.45) is 0 Å². The SMILES string of the molecule is COc1cc(OC)cc(C(=O)NCCCn2ccnc2-c2ccccc2)c1. The average Bonchev–Trinajstić information content (AvgIpc) is 3.19. The van der Waals surface area contributed by atoms with Crippen molar-refractivity contribution >= 4 is 5.91 Å². The van der Waals surface area contributed by atoms with Gasteiger partial charge in [-0.3, -0.25) is 4.79 Å². The first-order valence-corrected chi connectivity index (χ1v) is 8.79. The van der Waals surface area contributed by atoms with Gasteiger partial charge in [0.1, 0.15) is 17.3 Å². The van der Waals surface area contributed by atoms with Crippen molar-refractivity contribution in [3.63, 3.8) is 0 Å². The van der Waals surface area contributed by atoms with Crippen molar-refractivity contribution in [2.75, 3.05) is 20.8 Å². The van der Waals surface area contributed by atoms with Crippen LogP contribution in [0.2, 0.25) is 0 Å². The van der Waals surface area contributed by atoms with Crippen LogP contribution in [0.1, 0.15) is 16.8 Å². The van der Waals surface area contributed by atoms with Gasteiger partial charge in [0.15, 0.2) is 0 Å². The second kappa shape index (κ2) is 8.89. The Kier molecular flexibility index (Phi) is 6.10. The Morgan fingerprint density at radius 3 is 2.44 bits per heavy atom. The molecule has 0 aliphatic carbocycles. The van der Waals surface area contributed by atoms with Crippen molar-refractivity contribution in [3.8, 4) is 22.9 Å². The van der Waals surface area contributed by atoms with E-state index in [4.69, 9.17) is 9.47 Å². The minimum atomic E-state index is -0.152. The molecule has 6 heteroatoms. The van der Waals surface area contributed by atoms with Crippen molar-refractivity contribution in [1.29, 1.82) is 0 Å². The molecule has 0 aliphatic heterocycles. The molecular formula is C21H23N3O3. The number of amides is 1. The highest BCUT2D eigenvalue weighted by molar-refractivity contribution is 5.95. The lowest BCUT2D eigenvalue weighted by atomic mass is 10.2. The van der Waals surface area contributed by atoms with E-state index in [1.165, 1.54) is 0 Å². The maximum Gasteiger partial charge on any atom is 0.251 e. The summed E-state index contributed by atoms with van der Waals surface area (Å²) in [5, 5.41) is 2.94. The molecule has 0 radical (unpaired) electrons. The number of aromatic nitrogens is 2. The number of ether oxygens (including phenoxy) is 2. The second-order valence-corrected chi connectivity index (χ2v) is 6.02. The van der Waals surface area contributed by atoms with E-state index in [1.54, 1.807) is 38.6 Å². The molecule has 3 rings (SSSR count). The highest BCUT2D eigenvalue weighted by Gasteiger charge is 2.10. The number of carbonyl (C=O) groups is 1. The fourth-order valence-corrected chi connectivity index (χ4v) is 2.83. The number of rotatable bonds is 8. The van der Waals surface area contributed by atoms with Crippen LogP contribution in [-0.2, 0) is 6.54 Å². The highest BCUT2D eigenvalue weighted by Crippen LogP contribution is 2.22. The predicted octanol–water partition coefficient (Wildman–Crippen LogP) is 3.39. The summed E-state index contributed by atoms with van der Waals surface area (Å²) in [5.41, 5.74) is 1.59. The molecule has 0 saturated heterocycles. The van der Waals surface area contributed by atoms with Gasteiger partial charge in [0.25, 0.3) is 5.91 Å². The van der Waals surface area contributed by atoms with Crippen molar-refractivity contribution in [1.82, 2.24) is 14.9 Å². The summed E-state index contributed by atoms with van der Waals surface area (Å²) in [7, 11) is 3.12. The average molecular weight is 365 g/mol. The van der Waals surface area contributed by atoms with Crippen molar-refractivity contribution < 1.29 is 14.3 Å². The maximum atomic E-state index is 12.4. The number of nitrogens with zero attached hydrogens (tertiary/aromatic N) is 2. The largest absolute Gasteiger partial charge is 0.497 e. The molecule has 3 aromatic rings. The van der Waals surface area contributed by atoms with Gasteiger partial charge in [-0.15, -0.1) is 0 Å². The van der Waals surface area contributed by atoms with E-state index in [0.717, 1.165) is 24.4 Å². The van der Waals surface area contributed by atoms with Crippen molar-refractivity contribution in [2.45, 2.75) is 13.0 Å². The van der Waals surface area contributed by atoms with Crippen LogP contribution in [0.25, 0.3) is 11.4 Å². The molecule has 0 bridgehead atoms. The van der Waals surface area contributed by atoms with E-state index in [0.29, 0.717) is 23.6 Å². The Balaban J connectivity index is 1.56. The van der Waals surface area contributed by atoms with Crippen LogP contribution >= 0.6 is 0 Å². The fourth-order valence-electron chi connectivity index (χ4n) is 2.83. The van der Waals surface area contributed by atoms with Crippen LogP contribution in [-0.4, -0.2) is 36.2 Å². The summed E-state index contributed by atoms with van der Waals surface area (Å²) in [4.78, 5) is 16.8. The lowest BCUT2D eigenvalue weighted by Crippen LogP contribution is -2.25. The molecule has 1 heterocycles. The normalized spacial score (nSPS) is 10.4. The standard InChI is InChI=1S/C21H23N3O3/c1-26-18-13-17(14-19(15-18)27-2)21(25)23-9-6-11-24-12-10-22-20(24)16-7-4-3-5-8-16/h3-5,7-8,10,12-15H,6,9,11H2,1-2H3,(H,23,25). The quantitative estimate of drug-likeness (QED) is 0.622. The van der Waals surface area contributed by atoms with Crippen LogP contribution < -0.4 is 14.8 Å². The molecule has 27 heavy (non-hydrogen) atoms. The van der Waals surface area contributed by atoms with Gasteiger partial charge in [-0.1, -0.05) is 30.3 Å². The topological polar surface area (TPSA) is 65.4 Å². The summed E-state index contributed by atoms with van der Waals surface area (Å²) in [6.07, 6.45) is 4.55. The number of carbonyl (C=O) groups excluding carboxylic acids is 1. The minimum Gasteiger partial charge on any atom is -0.497 e. The lowest BCUT2D eigenvalue weighted by molar-refractivity contribution is 0.0952. The molecule has 2 aromatic carbocycles. The van der Waals surface area contributed by atoms with E-state index in [-0.39, 0.29) is 5.91 Å². The van der Waals surface area contributed by atoms with E-state index >= 15 is 0 Å². The Morgan fingerprint density at radius 1 is 1.07 bits per heavy atom. The van der Waals surface area contributed by atoms with Gasteiger partial charge in [-0.25, -0.2) is 4.98 Å². The number of nitrogens with one attached hydrogen (secondary N) is 1. The first kappa shape index (κ1) is 18.5. The van der Waals surface area contributed by atoms with E-state index < -0.39 is 0 Å². The number of hydrogen-bond acceptors (Lipinski definition) is 4. The monoisotopic (exact) mass is 365 g/mol. The third-order valence-electron chi connectivity index (χ3n) is 4.22. The molecule has 0 aliphatic rings. The van der Waals surface area contributed by atoms with Gasteiger partial charge in [0, 0.05) is 42.7 Å². The Morgan fingerprint density at radius 2 is 1.78 bits per heavy atom. The molecule has 1 aromatic heterocycles. The molecule has 0 saturated carbocycles. The van der Waals surface area contributed by atoms with Crippen LogP contribution in [0.5, 0.6) is 11.5 Å². The summed E-state index contributed by atoms with van der Waals surface area (Å²) in [5.74, 6) is 1.96. The van der Waals surface area contributed by atoms with Crippen LogP contribution in [0, 0.1) is 0 Å². The molecule has 0 unspecified atom stereocenters. The molecular weight excluding hydrogens is 342 g/mol. The molecule has 1 N–H and O–H groups in total. The third kappa shape index (κ3) is 4.67. The molecule has 140 valence electrons. The van der Waals surface area contributed by atoms with Crippen LogP contribution in [0.3, 0.4) is 0 Å². The number of imidazole rings is 1. The van der Waals surface area contributed by atoms with E-state index in [1.807, 2.05) is 36.5 Å². The van der Waals surface area contributed by atoms with Gasteiger partial charge < -0.3 is 19.4 Å². The first-order chi connectivity index (χ1) is 13.2. The van der Waals surface area contributed by atoms with Crippen LogP contribution in [0.4, 0.5) is 0 Å². The third-order valence-corrected chi connectivity index (χ3v) is 4.22. The van der Waals surface area contributed by atoms with Gasteiger partial charge in [-0.2, -0.15) is 0 Å². The number of aryl methyl sites for hydroxylation is 1. The summed E-state index contributed by atoms with van der Waals surface area (Å²) < 4.78 is 12.5. The highest BCUT2D eigenvalue weighted by atomic mass is 16.5. The van der Waals surface area contributed by atoms with Gasteiger partial charge in [-0.05, 0) is 18.6 Å². The zero-order valence-corrected chi connectivity index (χ0v) is 15.5. The maximum absolute atomic E-state index is 12.4. The zero-order valence-electron chi connectivity index (χ0n) is 15.5. The van der Waals surface area contributed by atoms with Crippen LogP contribution in [0.15, 0.2) is 60.9 Å². The van der Waals surface area contributed by atoms with Crippen molar-refractivity contribution in [3.05, 3.63) is 66.5 Å². The Bertz CT molecular complexity index is 868. The zero-order chi connectivity index (χ0) is 19.1. The van der Waals surface area contributed by atoms with Gasteiger partial charge in [0.2, 0.25) is 0 Å². The van der Waals surface area contributed by atoms with Gasteiger partial charge in [0.05, 0.1) is 14.2 Å². The molecule has 0 spiro atoms. The fraction of sp³-hybridized carbons (Fsp3) is 0.238. The second-order valence-electron chi connectivity index (χ2n) is 6.02. The molecule has 6 nitrogen and oxygen atoms in total. The summed E-state index contributed by atoms with van der Waals surface area (Å²) in [6.45, 7) is 1.33. The smallest absolute Gasteiger partial charge is 0.251 e. The predicted molar refractivity (Wildman–Crippen MR) is 104 cm³/mol. The number of hydrogen-bond donors (Lipinski definition) is 1. The Hall–Kier alpha value is -3.28. The van der Waals surface area contributed by atoms with E-state index in [2.05, 4.69) is 14.9 Å². The molecule has 1 amide bonds. The molecule has 0 fully saturated rings. The lowest BCUT2D eigenvalue weighted by Gasteiger charge is -2.10. The van der Waals surface area contributed by atoms with Gasteiger partial charge >= 0.3 is 0 Å². The van der Waals surface area contributed by atoms with E-state index in [9.17, 15) is 4.79 Å². The molecule has 0 atom stereocenters.